The second-order valence-corrected chi connectivity index (χ2v) is 5.42. The van der Waals surface area contributed by atoms with Crippen LogP contribution in [0.5, 0.6) is 0 Å². The van der Waals surface area contributed by atoms with E-state index in [0.717, 1.165) is 12.3 Å². The van der Waals surface area contributed by atoms with Crippen LogP contribution in [0.25, 0.3) is 0 Å². The van der Waals surface area contributed by atoms with Crippen LogP contribution in [-0.4, -0.2) is 32.5 Å². The average molecular weight is 241 g/mol. The van der Waals surface area contributed by atoms with Gasteiger partial charge in [-0.1, -0.05) is 6.42 Å². The molecule has 1 amide bonds. The molecule has 0 aliphatic heterocycles. The van der Waals surface area contributed by atoms with Crippen LogP contribution in [0.1, 0.15) is 32.6 Å². The molecule has 1 N–H and O–H groups in total. The fourth-order valence-electron chi connectivity index (χ4n) is 3.47. The minimum absolute atomic E-state index is 0.100. The van der Waals surface area contributed by atoms with Gasteiger partial charge >= 0.3 is 0 Å². The normalized spacial score (nSPS) is 33.1. The molecule has 4 atom stereocenters. The smallest absolute Gasteiger partial charge is 0.223 e. The lowest BCUT2D eigenvalue weighted by Crippen LogP contribution is -2.46. The molecule has 98 valence electrons. The fourth-order valence-corrected chi connectivity index (χ4v) is 3.47. The average Bonchev–Trinajstić information content (AvgIpc) is 2.92. The van der Waals surface area contributed by atoms with Gasteiger partial charge in [-0.2, -0.15) is 0 Å². The van der Waals surface area contributed by atoms with Crippen LogP contribution in [0.2, 0.25) is 0 Å². The highest BCUT2D eigenvalue weighted by Crippen LogP contribution is 2.48. The molecule has 0 heterocycles. The SMILES string of the molecule is COC(OC)C(C)NC(=O)C1CC2CCC1C2. The first-order valence-electron chi connectivity index (χ1n) is 6.51. The maximum absolute atomic E-state index is 12.2. The number of amides is 1. The Morgan fingerprint density at radius 3 is 2.41 bits per heavy atom. The van der Waals surface area contributed by atoms with Crippen molar-refractivity contribution in [2.24, 2.45) is 17.8 Å². The standard InChI is InChI=1S/C13H23NO3/c1-8(13(16-2)17-3)14-12(15)11-7-9-4-5-10(11)6-9/h8-11,13H,4-7H2,1-3H3,(H,14,15). The molecule has 2 aliphatic rings. The Labute approximate surface area is 103 Å². The van der Waals surface area contributed by atoms with Gasteiger partial charge in [0.05, 0.1) is 6.04 Å². The molecule has 0 aromatic carbocycles. The van der Waals surface area contributed by atoms with Crippen LogP contribution in [0.4, 0.5) is 0 Å². The Morgan fingerprint density at radius 2 is 1.94 bits per heavy atom. The van der Waals surface area contributed by atoms with Crippen LogP contribution in [-0.2, 0) is 14.3 Å². The van der Waals surface area contributed by atoms with Crippen LogP contribution in [0, 0.1) is 17.8 Å². The maximum Gasteiger partial charge on any atom is 0.223 e. The second kappa shape index (κ2) is 5.36. The Morgan fingerprint density at radius 1 is 1.24 bits per heavy atom. The van der Waals surface area contributed by atoms with Gasteiger partial charge in [-0.05, 0) is 38.0 Å². The molecule has 2 saturated carbocycles. The number of fused-ring (bicyclic) bond motifs is 2. The second-order valence-electron chi connectivity index (χ2n) is 5.42. The lowest BCUT2D eigenvalue weighted by atomic mass is 9.88. The lowest BCUT2D eigenvalue weighted by molar-refractivity contribution is -0.139. The number of hydrogen-bond acceptors (Lipinski definition) is 3. The van der Waals surface area contributed by atoms with E-state index in [1.165, 1.54) is 19.3 Å². The van der Waals surface area contributed by atoms with Crippen molar-refractivity contribution in [2.75, 3.05) is 14.2 Å². The molecule has 0 radical (unpaired) electrons. The highest BCUT2D eigenvalue weighted by atomic mass is 16.7. The Bertz CT molecular complexity index is 278. The van der Waals surface area contributed by atoms with Gasteiger partial charge < -0.3 is 14.8 Å². The molecule has 4 heteroatoms. The first-order valence-corrected chi connectivity index (χ1v) is 6.51. The summed E-state index contributed by atoms with van der Waals surface area (Å²) >= 11 is 0. The van der Waals surface area contributed by atoms with Gasteiger partial charge in [0.25, 0.3) is 0 Å². The number of ether oxygens (including phenoxy) is 2. The third kappa shape index (κ3) is 2.63. The summed E-state index contributed by atoms with van der Waals surface area (Å²) in [4.78, 5) is 12.2. The molecule has 2 aliphatic carbocycles. The molecule has 2 bridgehead atoms. The zero-order valence-corrected chi connectivity index (χ0v) is 10.9. The first kappa shape index (κ1) is 12.8. The number of hydrogen-bond donors (Lipinski definition) is 1. The van der Waals surface area contributed by atoms with Crippen LogP contribution in [0.15, 0.2) is 0 Å². The molecule has 4 unspecified atom stereocenters. The zero-order chi connectivity index (χ0) is 12.4. The summed E-state index contributed by atoms with van der Waals surface area (Å²) in [6.45, 7) is 1.92. The molecular weight excluding hydrogens is 218 g/mol. The number of rotatable bonds is 5. The topological polar surface area (TPSA) is 47.6 Å². The van der Waals surface area contributed by atoms with E-state index in [-0.39, 0.29) is 24.2 Å². The third-order valence-corrected chi connectivity index (χ3v) is 4.32. The minimum atomic E-state index is -0.363. The summed E-state index contributed by atoms with van der Waals surface area (Å²) in [5.74, 6) is 1.83. The molecule has 2 fully saturated rings. The van der Waals surface area contributed by atoms with E-state index in [1.807, 2.05) is 6.92 Å². The maximum atomic E-state index is 12.2. The summed E-state index contributed by atoms with van der Waals surface area (Å²) in [6.07, 6.45) is 4.52. The van der Waals surface area contributed by atoms with E-state index < -0.39 is 0 Å². The van der Waals surface area contributed by atoms with E-state index in [2.05, 4.69) is 5.32 Å². The quantitative estimate of drug-likeness (QED) is 0.743. The Balaban J connectivity index is 1.84. The molecule has 0 saturated heterocycles. The number of carbonyl (C=O) groups excluding carboxylic acids is 1. The van der Waals surface area contributed by atoms with Crippen molar-refractivity contribution < 1.29 is 14.3 Å². The largest absolute Gasteiger partial charge is 0.354 e. The number of carbonyl (C=O) groups is 1. The summed E-state index contributed by atoms with van der Waals surface area (Å²) in [5.41, 5.74) is 0. The van der Waals surface area contributed by atoms with Crippen LogP contribution >= 0.6 is 0 Å². The predicted octanol–water partition coefficient (Wildman–Crippen LogP) is 1.55. The van der Waals surface area contributed by atoms with Gasteiger partial charge in [-0.15, -0.1) is 0 Å². The van der Waals surface area contributed by atoms with Crippen molar-refractivity contribution in [3.05, 3.63) is 0 Å². The summed E-state index contributed by atoms with van der Waals surface area (Å²) in [7, 11) is 3.18. The van der Waals surface area contributed by atoms with Crippen molar-refractivity contribution in [2.45, 2.75) is 44.9 Å². The first-order chi connectivity index (χ1) is 8.15. The van der Waals surface area contributed by atoms with Crippen molar-refractivity contribution >= 4 is 5.91 Å². The lowest BCUT2D eigenvalue weighted by Gasteiger charge is -2.26. The van der Waals surface area contributed by atoms with Crippen molar-refractivity contribution in [1.82, 2.24) is 5.32 Å². The summed E-state index contributed by atoms with van der Waals surface area (Å²) in [6, 6.07) is -0.100. The van der Waals surface area contributed by atoms with Gasteiger partial charge in [0.1, 0.15) is 0 Å². The van der Waals surface area contributed by atoms with E-state index in [0.29, 0.717) is 5.92 Å². The molecular formula is C13H23NO3. The Kier molecular flexibility index (Phi) is 4.05. The number of methoxy groups -OCH3 is 2. The van der Waals surface area contributed by atoms with Crippen molar-refractivity contribution in [3.63, 3.8) is 0 Å². The van der Waals surface area contributed by atoms with Gasteiger partial charge in [-0.25, -0.2) is 0 Å². The van der Waals surface area contributed by atoms with Crippen molar-refractivity contribution in [1.29, 1.82) is 0 Å². The van der Waals surface area contributed by atoms with Gasteiger partial charge in [-0.3, -0.25) is 4.79 Å². The van der Waals surface area contributed by atoms with E-state index >= 15 is 0 Å². The zero-order valence-electron chi connectivity index (χ0n) is 10.9. The summed E-state index contributed by atoms with van der Waals surface area (Å²) in [5, 5.41) is 3.02. The number of nitrogens with one attached hydrogen (secondary N) is 1. The van der Waals surface area contributed by atoms with Crippen molar-refractivity contribution in [3.8, 4) is 0 Å². The van der Waals surface area contributed by atoms with Crippen LogP contribution < -0.4 is 5.32 Å². The van der Waals surface area contributed by atoms with E-state index in [4.69, 9.17) is 9.47 Å². The predicted molar refractivity (Wildman–Crippen MR) is 64.3 cm³/mol. The van der Waals surface area contributed by atoms with Gasteiger partial charge in [0.15, 0.2) is 6.29 Å². The summed E-state index contributed by atoms with van der Waals surface area (Å²) < 4.78 is 10.3. The van der Waals surface area contributed by atoms with Gasteiger partial charge in [0.2, 0.25) is 5.91 Å². The van der Waals surface area contributed by atoms with E-state index in [1.54, 1.807) is 14.2 Å². The molecule has 4 nitrogen and oxygen atoms in total. The molecule has 0 aromatic heterocycles. The molecule has 0 spiro atoms. The van der Waals surface area contributed by atoms with Crippen LogP contribution in [0.3, 0.4) is 0 Å². The molecule has 2 rings (SSSR count). The monoisotopic (exact) mass is 241 g/mol. The minimum Gasteiger partial charge on any atom is -0.354 e. The van der Waals surface area contributed by atoms with Gasteiger partial charge in [0, 0.05) is 20.1 Å². The fraction of sp³-hybridized carbons (Fsp3) is 0.923. The highest BCUT2D eigenvalue weighted by molar-refractivity contribution is 5.79. The molecule has 17 heavy (non-hydrogen) atoms. The molecule has 0 aromatic rings. The highest BCUT2D eigenvalue weighted by Gasteiger charge is 2.43. The third-order valence-electron chi connectivity index (χ3n) is 4.32. The van der Waals surface area contributed by atoms with E-state index in [9.17, 15) is 4.79 Å². The Hall–Kier alpha value is -0.610.